The van der Waals surface area contributed by atoms with E-state index in [1.54, 1.807) is 6.40 Å². The molecule has 0 aliphatic carbocycles. The van der Waals surface area contributed by atoms with Crippen LogP contribution in [0.1, 0.15) is 125 Å². The van der Waals surface area contributed by atoms with Crippen molar-refractivity contribution in [1.82, 2.24) is 4.23 Å². The van der Waals surface area contributed by atoms with E-state index < -0.39 is 16.5 Å². The SMILES string of the molecule is CC(C)(C)[Si](N(C1COC=N1)[Si](C(C)(C)C)(C(C)(C)C)C(C)(C)C)(C(C)(C)C)C(C)(C)C. The van der Waals surface area contributed by atoms with Gasteiger partial charge >= 0.3 is 0 Å². The lowest BCUT2D eigenvalue weighted by atomic mass is 10.2. The van der Waals surface area contributed by atoms with Crippen molar-refractivity contribution in [2.75, 3.05) is 6.61 Å². The highest BCUT2D eigenvalue weighted by Crippen LogP contribution is 2.72. The lowest BCUT2D eigenvalue weighted by Gasteiger charge is -2.75. The van der Waals surface area contributed by atoms with Crippen molar-refractivity contribution in [3.8, 4) is 0 Å². The molecule has 1 aliphatic rings. The number of nitrogens with zero attached hydrogens (tertiary/aromatic N) is 2. The summed E-state index contributed by atoms with van der Waals surface area (Å²) in [5, 5.41) is 0.843. The normalized spacial score (nSPS) is 20.2. The van der Waals surface area contributed by atoms with E-state index in [0.717, 1.165) is 0 Å². The molecule has 1 rings (SSSR count). The van der Waals surface area contributed by atoms with Gasteiger partial charge in [0.2, 0.25) is 0 Å². The molecule has 1 aliphatic heterocycles. The van der Waals surface area contributed by atoms with Gasteiger partial charge in [-0.3, -0.25) is 0 Å². The van der Waals surface area contributed by atoms with Crippen LogP contribution < -0.4 is 0 Å². The minimum absolute atomic E-state index is 0.0867. The minimum Gasteiger partial charge on any atom is -0.480 e. The van der Waals surface area contributed by atoms with Crippen molar-refractivity contribution in [2.45, 2.75) is 161 Å². The Kier molecular flexibility index (Phi) is 7.68. The van der Waals surface area contributed by atoms with Crippen LogP contribution in [0.15, 0.2) is 4.99 Å². The first-order chi connectivity index (χ1) is 13.7. The van der Waals surface area contributed by atoms with Gasteiger partial charge in [-0.05, 0) is 30.2 Å². The second-order valence-corrected chi connectivity index (χ2v) is 29.6. The zero-order chi connectivity index (χ0) is 26.0. The van der Waals surface area contributed by atoms with Crippen LogP contribution in [0.4, 0.5) is 0 Å². The van der Waals surface area contributed by atoms with Crippen LogP contribution >= 0.6 is 0 Å². The summed E-state index contributed by atoms with van der Waals surface area (Å²) in [5.41, 5.74) is 0. The van der Waals surface area contributed by atoms with Gasteiger partial charge in [0.05, 0.1) is 0 Å². The van der Waals surface area contributed by atoms with E-state index in [0.29, 0.717) is 6.61 Å². The third-order valence-corrected chi connectivity index (χ3v) is 25.2. The Bertz CT molecular complexity index is 564. The van der Waals surface area contributed by atoms with E-state index >= 15 is 0 Å². The molecule has 32 heavy (non-hydrogen) atoms. The molecule has 0 saturated carbocycles. The van der Waals surface area contributed by atoms with Crippen LogP contribution in [0.3, 0.4) is 0 Å². The first-order valence-electron chi connectivity index (χ1n) is 12.7. The van der Waals surface area contributed by atoms with Crippen LogP contribution in [-0.2, 0) is 4.74 Å². The number of hydrogen-bond donors (Lipinski definition) is 0. The first-order valence-corrected chi connectivity index (χ1v) is 16.5. The maximum absolute atomic E-state index is 5.92. The first kappa shape index (κ1) is 29.9. The molecule has 190 valence electrons. The Balaban J connectivity index is 4.55. The molecule has 5 heteroatoms. The van der Waals surface area contributed by atoms with Gasteiger partial charge in [0.1, 0.15) is 29.2 Å². The van der Waals surface area contributed by atoms with Crippen molar-refractivity contribution in [3.05, 3.63) is 0 Å². The summed E-state index contributed by atoms with van der Waals surface area (Å²) in [4.78, 5) is 5.10. The van der Waals surface area contributed by atoms with Crippen LogP contribution in [0.2, 0.25) is 30.2 Å². The number of hydrogen-bond acceptors (Lipinski definition) is 3. The average molecular weight is 483 g/mol. The van der Waals surface area contributed by atoms with E-state index in [2.05, 4.69) is 129 Å². The second kappa shape index (κ2) is 8.22. The van der Waals surface area contributed by atoms with Gasteiger partial charge < -0.3 is 8.97 Å². The molecule has 0 spiro atoms. The molecule has 0 aromatic carbocycles. The summed E-state index contributed by atoms with van der Waals surface area (Å²) in [5.74, 6) is 0. The molecule has 0 saturated heterocycles. The van der Waals surface area contributed by atoms with Crippen LogP contribution in [0, 0.1) is 0 Å². The second-order valence-electron chi connectivity index (χ2n) is 16.4. The van der Waals surface area contributed by atoms with Gasteiger partial charge in [-0.1, -0.05) is 125 Å². The van der Waals surface area contributed by atoms with Crippen LogP contribution in [0.5, 0.6) is 0 Å². The smallest absolute Gasteiger partial charge is 0.171 e. The van der Waals surface area contributed by atoms with E-state index in [1.807, 2.05) is 0 Å². The van der Waals surface area contributed by atoms with Crippen molar-refractivity contribution < 1.29 is 4.74 Å². The molecule has 0 radical (unpaired) electrons. The molecule has 1 atom stereocenters. The highest BCUT2D eigenvalue weighted by molar-refractivity contribution is 7.00. The molecular formula is C27H58N2OSi2. The largest absolute Gasteiger partial charge is 0.480 e. The van der Waals surface area contributed by atoms with Crippen LogP contribution in [-0.4, -0.2) is 39.9 Å². The topological polar surface area (TPSA) is 24.8 Å². The Morgan fingerprint density at radius 2 is 0.812 bits per heavy atom. The Morgan fingerprint density at radius 1 is 0.562 bits per heavy atom. The third-order valence-electron chi connectivity index (χ3n) is 8.09. The minimum atomic E-state index is -2.36. The molecule has 1 heterocycles. The summed E-state index contributed by atoms with van der Waals surface area (Å²) in [7, 11) is -4.72. The van der Waals surface area contributed by atoms with Crippen molar-refractivity contribution in [2.24, 2.45) is 4.99 Å². The number of rotatable bonds is 3. The molecular weight excluding hydrogens is 424 g/mol. The van der Waals surface area contributed by atoms with Crippen molar-refractivity contribution in [1.29, 1.82) is 0 Å². The van der Waals surface area contributed by atoms with Gasteiger partial charge in [-0.2, -0.15) is 0 Å². The fourth-order valence-corrected chi connectivity index (χ4v) is 37.1. The van der Waals surface area contributed by atoms with E-state index in [-0.39, 0.29) is 36.4 Å². The maximum Gasteiger partial charge on any atom is 0.171 e. The monoisotopic (exact) mass is 482 g/mol. The average Bonchev–Trinajstić information content (AvgIpc) is 2.90. The Hall–Kier alpha value is -0.136. The van der Waals surface area contributed by atoms with E-state index in [4.69, 9.17) is 9.73 Å². The summed E-state index contributed by atoms with van der Waals surface area (Å²) in [6.07, 6.45) is 1.82. The lowest BCUT2D eigenvalue weighted by molar-refractivity contribution is 0.245. The third kappa shape index (κ3) is 4.21. The number of aliphatic imine (C=N–C) groups is 1. The zero-order valence-corrected chi connectivity index (χ0v) is 27.2. The van der Waals surface area contributed by atoms with E-state index in [1.165, 1.54) is 0 Å². The molecule has 3 nitrogen and oxygen atoms in total. The van der Waals surface area contributed by atoms with Gasteiger partial charge in [0.15, 0.2) is 6.40 Å². The Morgan fingerprint density at radius 3 is 0.969 bits per heavy atom. The molecule has 0 aromatic heterocycles. The summed E-state index contributed by atoms with van der Waals surface area (Å²) < 4.78 is 9.09. The predicted octanol–water partition coefficient (Wildman–Crippen LogP) is 9.36. The summed E-state index contributed by atoms with van der Waals surface area (Å²) >= 11 is 0. The summed E-state index contributed by atoms with van der Waals surface area (Å²) in [6.45, 7) is 46.1. The molecule has 0 N–H and O–H groups in total. The van der Waals surface area contributed by atoms with Crippen molar-refractivity contribution >= 4 is 22.9 Å². The van der Waals surface area contributed by atoms with E-state index in [9.17, 15) is 0 Å². The molecule has 0 amide bonds. The quantitative estimate of drug-likeness (QED) is 0.374. The van der Waals surface area contributed by atoms with Gasteiger partial charge in [0.25, 0.3) is 0 Å². The Labute approximate surface area is 204 Å². The highest BCUT2D eigenvalue weighted by atomic mass is 28.4. The van der Waals surface area contributed by atoms with Crippen LogP contribution in [0.25, 0.3) is 0 Å². The molecule has 1 unspecified atom stereocenters. The maximum atomic E-state index is 5.92. The fraction of sp³-hybridized carbons (Fsp3) is 0.963. The zero-order valence-electron chi connectivity index (χ0n) is 25.2. The highest BCUT2D eigenvalue weighted by Gasteiger charge is 2.75. The standard InChI is InChI=1S/C27H58N2OSi2/c1-22(2,3)31(23(4,5)6,24(7,8)9)29(21-19-30-20-28-21)32(25(10,11)12,26(13,14)15)27(16,17)18/h20-21H,19H2,1-18H3. The number of ether oxygens (including phenoxy) is 1. The summed E-state index contributed by atoms with van der Waals surface area (Å²) in [6, 6.07) is 0. The fourth-order valence-electron chi connectivity index (χ4n) is 10.0. The predicted molar refractivity (Wildman–Crippen MR) is 150 cm³/mol. The van der Waals surface area contributed by atoms with Crippen molar-refractivity contribution in [3.63, 3.8) is 0 Å². The molecule has 0 aromatic rings. The molecule has 0 bridgehead atoms. The molecule has 0 fully saturated rings. The van der Waals surface area contributed by atoms with Gasteiger partial charge in [-0.15, -0.1) is 0 Å². The van der Waals surface area contributed by atoms with Gasteiger partial charge in [0, 0.05) is 0 Å². The lowest BCUT2D eigenvalue weighted by Crippen LogP contribution is -2.84. The van der Waals surface area contributed by atoms with Gasteiger partial charge in [-0.25, -0.2) is 4.99 Å².